The molecule has 2 N–H and O–H groups in total. The predicted octanol–water partition coefficient (Wildman–Crippen LogP) is 2.69. The number of likely N-dealkylation sites (tertiary alicyclic amines) is 1. The number of urea groups is 1. The highest BCUT2D eigenvalue weighted by Gasteiger charge is 2.34. The summed E-state index contributed by atoms with van der Waals surface area (Å²) in [7, 11) is 0. The third-order valence-corrected chi connectivity index (χ3v) is 3.43. The van der Waals surface area contributed by atoms with Gasteiger partial charge in [0, 0.05) is 19.3 Å². The third-order valence-electron chi connectivity index (χ3n) is 3.43. The minimum Gasteiger partial charge on any atom is -0.444 e. The highest BCUT2D eigenvalue weighted by molar-refractivity contribution is 5.88. The molecule has 8 heteroatoms. The fourth-order valence-corrected chi connectivity index (χ4v) is 2.50. The molecule has 0 aliphatic carbocycles. The van der Waals surface area contributed by atoms with Crippen molar-refractivity contribution >= 4 is 17.9 Å². The van der Waals surface area contributed by atoms with Crippen molar-refractivity contribution in [2.24, 2.45) is 0 Å². The summed E-state index contributed by atoms with van der Waals surface area (Å²) in [5, 5.41) is 5.29. The fourth-order valence-electron chi connectivity index (χ4n) is 2.50. The van der Waals surface area contributed by atoms with Gasteiger partial charge in [-0.1, -0.05) is 0 Å². The average molecular weight is 335 g/mol. The molecule has 24 heavy (non-hydrogen) atoms. The predicted molar refractivity (Wildman–Crippen MR) is 89.6 cm³/mol. The van der Waals surface area contributed by atoms with Crippen molar-refractivity contribution in [1.29, 1.82) is 0 Å². The minimum absolute atomic E-state index is 0.240. The second kappa shape index (κ2) is 7.46. The Hall–Kier alpha value is -2.38. The summed E-state index contributed by atoms with van der Waals surface area (Å²) < 4.78 is 5.45. The van der Waals surface area contributed by atoms with Crippen LogP contribution < -0.4 is 10.6 Å². The molecular weight excluding hydrogens is 310 g/mol. The van der Waals surface area contributed by atoms with E-state index in [0.29, 0.717) is 24.7 Å². The van der Waals surface area contributed by atoms with Gasteiger partial charge in [-0.25, -0.2) is 19.6 Å². The number of nitrogens with zero attached hydrogens (tertiary/aromatic N) is 3. The van der Waals surface area contributed by atoms with Gasteiger partial charge in [0.2, 0.25) is 0 Å². The lowest BCUT2D eigenvalue weighted by Gasteiger charge is -2.28. The number of nitrogens with one attached hydrogen (secondary N) is 2. The van der Waals surface area contributed by atoms with Gasteiger partial charge in [-0.3, -0.25) is 10.2 Å². The van der Waals surface area contributed by atoms with Crippen molar-refractivity contribution in [3.8, 4) is 0 Å². The first-order chi connectivity index (χ1) is 11.3. The zero-order valence-corrected chi connectivity index (χ0v) is 14.6. The van der Waals surface area contributed by atoms with Gasteiger partial charge < -0.3 is 10.1 Å². The van der Waals surface area contributed by atoms with Gasteiger partial charge in [-0.05, 0) is 46.6 Å². The zero-order chi connectivity index (χ0) is 17.7. The SMILES string of the molecule is CCNC(=O)Nc1ccnc(C2CCCN2C(=O)OC(C)(C)C)n1. The number of hydrogen-bond acceptors (Lipinski definition) is 5. The van der Waals surface area contributed by atoms with E-state index in [1.807, 2.05) is 27.7 Å². The molecule has 0 saturated carbocycles. The van der Waals surface area contributed by atoms with Crippen molar-refractivity contribution < 1.29 is 14.3 Å². The maximum absolute atomic E-state index is 12.4. The summed E-state index contributed by atoms with van der Waals surface area (Å²) in [6.07, 6.45) is 2.84. The number of hydrogen-bond donors (Lipinski definition) is 2. The lowest BCUT2D eigenvalue weighted by atomic mass is 10.2. The molecule has 1 aromatic heterocycles. The van der Waals surface area contributed by atoms with E-state index >= 15 is 0 Å². The molecule has 132 valence electrons. The van der Waals surface area contributed by atoms with E-state index in [1.54, 1.807) is 17.2 Å². The molecule has 1 aromatic rings. The number of aromatic nitrogens is 2. The van der Waals surface area contributed by atoms with Crippen LogP contribution in [0, 0.1) is 0 Å². The van der Waals surface area contributed by atoms with Crippen LogP contribution in [0.4, 0.5) is 15.4 Å². The number of carbonyl (C=O) groups excluding carboxylic acids is 2. The second-order valence-electron chi connectivity index (χ2n) is 6.62. The largest absolute Gasteiger partial charge is 0.444 e. The van der Waals surface area contributed by atoms with Crippen molar-refractivity contribution in [3.63, 3.8) is 0 Å². The molecule has 1 aliphatic rings. The molecule has 0 spiro atoms. The first-order valence-electron chi connectivity index (χ1n) is 8.17. The number of anilines is 1. The summed E-state index contributed by atoms with van der Waals surface area (Å²) in [6, 6.07) is 1.05. The molecule has 1 atom stereocenters. The van der Waals surface area contributed by atoms with Gasteiger partial charge in [0.05, 0.1) is 6.04 Å². The standard InChI is InChI=1S/C16H25N5O3/c1-5-17-14(22)20-12-8-9-18-13(19-12)11-7-6-10-21(11)15(23)24-16(2,3)4/h8-9,11H,5-7,10H2,1-4H3,(H2,17,18,19,20,22). The van der Waals surface area contributed by atoms with Crippen LogP contribution in [0.1, 0.15) is 52.4 Å². The second-order valence-corrected chi connectivity index (χ2v) is 6.62. The highest BCUT2D eigenvalue weighted by atomic mass is 16.6. The Morgan fingerprint density at radius 2 is 2.17 bits per heavy atom. The maximum atomic E-state index is 12.4. The van der Waals surface area contributed by atoms with Crippen LogP contribution in [0.5, 0.6) is 0 Å². The molecule has 1 unspecified atom stereocenters. The number of rotatable bonds is 3. The molecular formula is C16H25N5O3. The van der Waals surface area contributed by atoms with E-state index in [2.05, 4.69) is 20.6 Å². The first-order valence-corrected chi connectivity index (χ1v) is 8.17. The molecule has 1 aliphatic heterocycles. The van der Waals surface area contributed by atoms with Crippen molar-refractivity contribution in [1.82, 2.24) is 20.2 Å². The Labute approximate surface area is 142 Å². The van der Waals surface area contributed by atoms with E-state index in [1.165, 1.54) is 0 Å². The summed E-state index contributed by atoms with van der Waals surface area (Å²) in [5.74, 6) is 0.912. The van der Waals surface area contributed by atoms with E-state index < -0.39 is 5.60 Å². The van der Waals surface area contributed by atoms with Crippen molar-refractivity contribution in [3.05, 3.63) is 18.1 Å². The molecule has 0 radical (unpaired) electrons. The van der Waals surface area contributed by atoms with E-state index in [4.69, 9.17) is 4.74 Å². The van der Waals surface area contributed by atoms with Crippen molar-refractivity contribution in [2.75, 3.05) is 18.4 Å². The smallest absolute Gasteiger partial charge is 0.410 e. The lowest BCUT2D eigenvalue weighted by molar-refractivity contribution is 0.0218. The van der Waals surface area contributed by atoms with Gasteiger partial charge in [-0.2, -0.15) is 0 Å². The maximum Gasteiger partial charge on any atom is 0.410 e. The third kappa shape index (κ3) is 4.81. The molecule has 3 amide bonds. The van der Waals surface area contributed by atoms with E-state index in [-0.39, 0.29) is 18.2 Å². The number of ether oxygens (including phenoxy) is 1. The summed E-state index contributed by atoms with van der Waals surface area (Å²) in [6.45, 7) is 8.48. The molecule has 2 rings (SSSR count). The van der Waals surface area contributed by atoms with Gasteiger partial charge in [0.1, 0.15) is 11.4 Å². The van der Waals surface area contributed by atoms with Crippen LogP contribution in [0.25, 0.3) is 0 Å². The van der Waals surface area contributed by atoms with Crippen LogP contribution in [-0.4, -0.2) is 45.7 Å². The summed E-state index contributed by atoms with van der Waals surface area (Å²) in [5.41, 5.74) is -0.549. The topological polar surface area (TPSA) is 96.5 Å². The summed E-state index contributed by atoms with van der Waals surface area (Å²) in [4.78, 5) is 34.3. The van der Waals surface area contributed by atoms with Crippen LogP contribution in [0.15, 0.2) is 12.3 Å². The van der Waals surface area contributed by atoms with Gasteiger partial charge >= 0.3 is 12.1 Å². The lowest BCUT2D eigenvalue weighted by Crippen LogP contribution is -2.37. The average Bonchev–Trinajstić information content (AvgIpc) is 2.95. The Morgan fingerprint density at radius 1 is 1.42 bits per heavy atom. The molecule has 0 bridgehead atoms. The van der Waals surface area contributed by atoms with Gasteiger partial charge in [0.15, 0.2) is 5.82 Å². The molecule has 1 saturated heterocycles. The zero-order valence-electron chi connectivity index (χ0n) is 14.6. The summed E-state index contributed by atoms with van der Waals surface area (Å²) >= 11 is 0. The van der Waals surface area contributed by atoms with Crippen LogP contribution >= 0.6 is 0 Å². The first kappa shape index (κ1) is 18.0. The fraction of sp³-hybridized carbons (Fsp3) is 0.625. The molecule has 2 heterocycles. The molecule has 1 fully saturated rings. The Morgan fingerprint density at radius 3 is 2.83 bits per heavy atom. The van der Waals surface area contributed by atoms with Gasteiger partial charge in [0.25, 0.3) is 0 Å². The monoisotopic (exact) mass is 335 g/mol. The van der Waals surface area contributed by atoms with Gasteiger partial charge in [-0.15, -0.1) is 0 Å². The van der Waals surface area contributed by atoms with Crippen LogP contribution in [0.3, 0.4) is 0 Å². The van der Waals surface area contributed by atoms with Crippen LogP contribution in [0.2, 0.25) is 0 Å². The Balaban J connectivity index is 2.12. The quantitative estimate of drug-likeness (QED) is 0.885. The van der Waals surface area contributed by atoms with Crippen molar-refractivity contribution in [2.45, 2.75) is 52.2 Å². The highest BCUT2D eigenvalue weighted by Crippen LogP contribution is 2.31. The molecule has 8 nitrogen and oxygen atoms in total. The van der Waals surface area contributed by atoms with Crippen LogP contribution in [-0.2, 0) is 4.74 Å². The molecule has 0 aromatic carbocycles. The minimum atomic E-state index is -0.549. The Bertz CT molecular complexity index is 600. The van der Waals surface area contributed by atoms with E-state index in [0.717, 1.165) is 12.8 Å². The Kier molecular flexibility index (Phi) is 5.58. The normalized spacial score (nSPS) is 17.5. The number of carbonyl (C=O) groups is 2. The van der Waals surface area contributed by atoms with E-state index in [9.17, 15) is 9.59 Å². The number of amides is 3.